The second-order valence-corrected chi connectivity index (χ2v) is 8.03. The number of aryl methyl sites for hydroxylation is 1. The van der Waals surface area contributed by atoms with Gasteiger partial charge < -0.3 is 14.8 Å². The summed E-state index contributed by atoms with van der Waals surface area (Å²) in [7, 11) is 0. The largest absolute Gasteiger partial charge is 0.339 e. The molecule has 0 unspecified atom stereocenters. The van der Waals surface area contributed by atoms with E-state index in [4.69, 9.17) is 0 Å². The molecule has 0 spiro atoms. The van der Waals surface area contributed by atoms with E-state index in [0.717, 1.165) is 48.6 Å². The number of nitrogens with one attached hydrogen (secondary N) is 1. The lowest BCUT2D eigenvalue weighted by Crippen LogP contribution is -2.28. The van der Waals surface area contributed by atoms with Crippen LogP contribution < -0.4 is 5.32 Å². The Morgan fingerprint density at radius 1 is 0.935 bits per heavy atom. The third-order valence-electron chi connectivity index (χ3n) is 5.97. The fraction of sp³-hybridized carbons (Fsp3) is 0.280. The molecule has 31 heavy (non-hydrogen) atoms. The minimum Gasteiger partial charge on any atom is -0.339 e. The van der Waals surface area contributed by atoms with Gasteiger partial charge in [-0.05, 0) is 81.6 Å². The summed E-state index contributed by atoms with van der Waals surface area (Å²) in [4.78, 5) is 27.8. The average Bonchev–Trinajstić information content (AvgIpc) is 3.38. The minimum atomic E-state index is -0.303. The predicted molar refractivity (Wildman–Crippen MR) is 119 cm³/mol. The fourth-order valence-corrected chi connectivity index (χ4v) is 4.26. The minimum absolute atomic E-state index is 0.0144. The maximum absolute atomic E-state index is 13.3. The highest BCUT2D eigenvalue weighted by Gasteiger charge is 2.23. The van der Waals surface area contributed by atoms with Crippen LogP contribution in [0.25, 0.3) is 5.69 Å². The van der Waals surface area contributed by atoms with Gasteiger partial charge in [0, 0.05) is 41.4 Å². The molecule has 1 aliphatic heterocycles. The molecule has 0 atom stereocenters. The summed E-state index contributed by atoms with van der Waals surface area (Å²) in [5.74, 6) is -0.529. The molecule has 2 amide bonds. The Morgan fingerprint density at radius 3 is 2.29 bits per heavy atom. The zero-order chi connectivity index (χ0) is 22.1. The van der Waals surface area contributed by atoms with Gasteiger partial charge in [-0.2, -0.15) is 0 Å². The molecule has 1 saturated heterocycles. The lowest BCUT2D eigenvalue weighted by Gasteiger charge is -2.18. The number of carbonyl (C=O) groups is 2. The Morgan fingerprint density at radius 2 is 1.61 bits per heavy atom. The van der Waals surface area contributed by atoms with Crippen LogP contribution >= 0.6 is 0 Å². The molecule has 0 radical (unpaired) electrons. The van der Waals surface area contributed by atoms with Gasteiger partial charge in [-0.3, -0.25) is 9.59 Å². The van der Waals surface area contributed by atoms with E-state index in [1.54, 1.807) is 18.2 Å². The van der Waals surface area contributed by atoms with E-state index < -0.39 is 0 Å². The molecule has 3 aromatic rings. The predicted octanol–water partition coefficient (Wildman–Crippen LogP) is 5.03. The van der Waals surface area contributed by atoms with Crippen molar-refractivity contribution < 1.29 is 14.0 Å². The Labute approximate surface area is 181 Å². The molecule has 6 heteroatoms. The maximum atomic E-state index is 13.3. The molecular formula is C25H26FN3O2. The van der Waals surface area contributed by atoms with E-state index in [1.807, 2.05) is 48.4 Å². The lowest BCUT2D eigenvalue weighted by atomic mass is 10.0. The number of likely N-dealkylation sites (tertiary alicyclic amines) is 1. The highest BCUT2D eigenvalue weighted by molar-refractivity contribution is 6.07. The quantitative estimate of drug-likeness (QED) is 0.645. The standard InChI is InChI=1S/C25H26FN3O2/c1-16-15-22(18(3)29(16)20-11-9-19(26)10-12-20)24(30)27-23-8-6-7-21(17(23)2)25(31)28-13-4-5-14-28/h6-12,15H,4-5,13-14H2,1-3H3,(H,27,30). The highest BCUT2D eigenvalue weighted by atomic mass is 19.1. The van der Waals surface area contributed by atoms with Crippen LogP contribution in [0.15, 0.2) is 48.5 Å². The Bertz CT molecular complexity index is 1140. The number of hydrogen-bond donors (Lipinski definition) is 1. The Balaban J connectivity index is 1.60. The van der Waals surface area contributed by atoms with Crippen LogP contribution in [0.5, 0.6) is 0 Å². The molecule has 0 aliphatic carbocycles. The summed E-state index contributed by atoms with van der Waals surface area (Å²) >= 11 is 0. The highest BCUT2D eigenvalue weighted by Crippen LogP contribution is 2.25. The van der Waals surface area contributed by atoms with Gasteiger partial charge in [0.25, 0.3) is 11.8 Å². The molecule has 0 saturated carbocycles. The second-order valence-electron chi connectivity index (χ2n) is 8.03. The molecule has 0 bridgehead atoms. The zero-order valence-electron chi connectivity index (χ0n) is 18.0. The second kappa shape index (κ2) is 8.38. The first-order valence-electron chi connectivity index (χ1n) is 10.5. The number of halogens is 1. The van der Waals surface area contributed by atoms with Gasteiger partial charge in [0.15, 0.2) is 0 Å². The Kier molecular flexibility index (Phi) is 5.63. The lowest BCUT2D eigenvalue weighted by molar-refractivity contribution is 0.0791. The summed E-state index contributed by atoms with van der Waals surface area (Å²) in [6.45, 7) is 7.20. The third kappa shape index (κ3) is 3.98. The number of rotatable bonds is 4. The van der Waals surface area contributed by atoms with Gasteiger partial charge in [0.1, 0.15) is 5.82 Å². The molecular weight excluding hydrogens is 393 g/mol. The fourth-order valence-electron chi connectivity index (χ4n) is 4.26. The molecule has 2 aromatic carbocycles. The summed E-state index contributed by atoms with van der Waals surface area (Å²) in [6.07, 6.45) is 2.07. The number of benzene rings is 2. The van der Waals surface area contributed by atoms with Gasteiger partial charge in [-0.1, -0.05) is 6.07 Å². The van der Waals surface area contributed by atoms with Crippen LogP contribution in [0, 0.1) is 26.6 Å². The number of anilines is 1. The van der Waals surface area contributed by atoms with Gasteiger partial charge >= 0.3 is 0 Å². The van der Waals surface area contributed by atoms with Crippen LogP contribution in [-0.4, -0.2) is 34.4 Å². The SMILES string of the molecule is Cc1c(NC(=O)c2cc(C)n(-c3ccc(F)cc3)c2C)cccc1C(=O)N1CCCC1. The van der Waals surface area contributed by atoms with Crippen molar-refractivity contribution in [2.24, 2.45) is 0 Å². The van der Waals surface area contributed by atoms with Crippen molar-refractivity contribution in [2.75, 3.05) is 18.4 Å². The van der Waals surface area contributed by atoms with E-state index >= 15 is 0 Å². The van der Waals surface area contributed by atoms with Gasteiger partial charge in [0.05, 0.1) is 5.56 Å². The first-order valence-corrected chi connectivity index (χ1v) is 10.5. The van der Waals surface area contributed by atoms with Crippen molar-refractivity contribution in [3.63, 3.8) is 0 Å². The first kappa shape index (κ1) is 20.8. The molecule has 1 aliphatic rings. The molecule has 160 valence electrons. The van der Waals surface area contributed by atoms with Gasteiger partial charge in [-0.25, -0.2) is 4.39 Å². The van der Waals surface area contributed by atoms with E-state index in [9.17, 15) is 14.0 Å². The number of carbonyl (C=O) groups excluding carboxylic acids is 2. The van der Waals surface area contributed by atoms with E-state index in [0.29, 0.717) is 16.8 Å². The van der Waals surface area contributed by atoms with Crippen LogP contribution in [-0.2, 0) is 0 Å². The topological polar surface area (TPSA) is 54.3 Å². The van der Waals surface area contributed by atoms with Crippen LogP contribution in [0.1, 0.15) is 50.5 Å². The van der Waals surface area contributed by atoms with Crippen molar-refractivity contribution in [2.45, 2.75) is 33.6 Å². The monoisotopic (exact) mass is 419 g/mol. The van der Waals surface area contributed by atoms with E-state index in [1.165, 1.54) is 12.1 Å². The van der Waals surface area contributed by atoms with Gasteiger partial charge in [0.2, 0.25) is 0 Å². The summed E-state index contributed by atoms with van der Waals surface area (Å²) in [5, 5.41) is 2.97. The zero-order valence-corrected chi connectivity index (χ0v) is 18.0. The summed E-state index contributed by atoms with van der Waals surface area (Å²) < 4.78 is 15.2. The number of hydrogen-bond acceptors (Lipinski definition) is 2. The molecule has 1 aromatic heterocycles. The maximum Gasteiger partial charge on any atom is 0.257 e. The normalized spacial score (nSPS) is 13.5. The number of aromatic nitrogens is 1. The first-order chi connectivity index (χ1) is 14.9. The van der Waals surface area contributed by atoms with E-state index in [2.05, 4.69) is 5.32 Å². The van der Waals surface area contributed by atoms with Crippen molar-refractivity contribution in [1.29, 1.82) is 0 Å². The smallest absolute Gasteiger partial charge is 0.257 e. The van der Waals surface area contributed by atoms with E-state index in [-0.39, 0.29) is 17.6 Å². The van der Waals surface area contributed by atoms with Crippen molar-refractivity contribution >= 4 is 17.5 Å². The van der Waals surface area contributed by atoms with Crippen LogP contribution in [0.4, 0.5) is 10.1 Å². The van der Waals surface area contributed by atoms with Crippen LogP contribution in [0.3, 0.4) is 0 Å². The molecule has 4 rings (SSSR count). The summed E-state index contributed by atoms with van der Waals surface area (Å²) in [5.41, 5.74) is 4.99. The Hall–Kier alpha value is -3.41. The molecule has 1 fully saturated rings. The molecule has 2 heterocycles. The van der Waals surface area contributed by atoms with Crippen molar-refractivity contribution in [3.05, 3.63) is 82.4 Å². The van der Waals surface area contributed by atoms with Crippen LogP contribution in [0.2, 0.25) is 0 Å². The number of amides is 2. The number of nitrogens with zero attached hydrogens (tertiary/aromatic N) is 2. The third-order valence-corrected chi connectivity index (χ3v) is 5.97. The molecule has 5 nitrogen and oxygen atoms in total. The van der Waals surface area contributed by atoms with Crippen molar-refractivity contribution in [1.82, 2.24) is 9.47 Å². The van der Waals surface area contributed by atoms with Gasteiger partial charge in [-0.15, -0.1) is 0 Å². The molecule has 1 N–H and O–H groups in total. The van der Waals surface area contributed by atoms with Crippen molar-refractivity contribution in [3.8, 4) is 5.69 Å². The average molecular weight is 420 g/mol. The summed E-state index contributed by atoms with van der Waals surface area (Å²) in [6, 6.07) is 13.4.